The van der Waals surface area contributed by atoms with Gasteiger partial charge in [-0.15, -0.1) is 0 Å². The highest BCUT2D eigenvalue weighted by atomic mass is 32.2. The van der Waals surface area contributed by atoms with Gasteiger partial charge in [0.05, 0.1) is 11.5 Å². The van der Waals surface area contributed by atoms with E-state index in [1.807, 2.05) is 0 Å². The topological polar surface area (TPSA) is 97.8 Å². The van der Waals surface area contributed by atoms with Crippen LogP contribution in [-0.2, 0) is 29.0 Å². The van der Waals surface area contributed by atoms with Gasteiger partial charge in [0.25, 0.3) is 0 Å². The summed E-state index contributed by atoms with van der Waals surface area (Å²) in [7, 11) is -4.13. The van der Waals surface area contributed by atoms with Crippen molar-refractivity contribution < 1.29 is 27.5 Å². The van der Waals surface area contributed by atoms with Gasteiger partial charge < -0.3 is 4.74 Å². The molecule has 0 bridgehead atoms. The quantitative estimate of drug-likeness (QED) is 0.158. The molecule has 0 radical (unpaired) electrons. The average molecular weight is 448 g/mol. The first-order valence-corrected chi connectivity index (χ1v) is 12.1. The molecule has 0 aromatic heterocycles. The third kappa shape index (κ3) is 7.17. The number of carbonyl (C=O) groups is 3. The summed E-state index contributed by atoms with van der Waals surface area (Å²) in [6.07, 6.45) is 9.71. The van der Waals surface area contributed by atoms with Crippen LogP contribution >= 0.6 is 0 Å². The Morgan fingerprint density at radius 3 is 2.26 bits per heavy atom. The molecule has 2 rings (SSSR count). The van der Waals surface area contributed by atoms with Gasteiger partial charge in [-0.25, -0.2) is 13.2 Å². The lowest BCUT2D eigenvalue weighted by Gasteiger charge is -2.10. The van der Waals surface area contributed by atoms with Crippen LogP contribution in [-0.4, -0.2) is 37.7 Å². The highest BCUT2D eigenvalue weighted by molar-refractivity contribution is 7.96. The zero-order valence-corrected chi connectivity index (χ0v) is 18.6. The van der Waals surface area contributed by atoms with E-state index in [4.69, 9.17) is 4.74 Å². The Labute approximate surface area is 183 Å². The monoisotopic (exact) mass is 447 g/mol. The van der Waals surface area contributed by atoms with E-state index in [-0.39, 0.29) is 36.2 Å². The molecule has 2 amide bonds. The molecule has 0 spiro atoms. The van der Waals surface area contributed by atoms with Crippen molar-refractivity contribution in [3.8, 4) is 0 Å². The Kier molecular flexibility index (Phi) is 9.65. The van der Waals surface area contributed by atoms with Crippen molar-refractivity contribution >= 4 is 27.6 Å². The molecule has 1 saturated heterocycles. The predicted octanol–water partition coefficient (Wildman–Crippen LogP) is 3.91. The molecule has 1 aliphatic heterocycles. The Morgan fingerprint density at radius 1 is 1.00 bits per heavy atom. The number of allylic oxidation sites excluding steroid dienone is 2. The third-order valence-electron chi connectivity index (χ3n) is 4.85. The predicted molar refractivity (Wildman–Crippen MR) is 116 cm³/mol. The fourth-order valence-corrected chi connectivity index (χ4v) is 4.39. The molecule has 1 aromatic carbocycles. The molecule has 0 atom stereocenters. The van der Waals surface area contributed by atoms with Crippen molar-refractivity contribution in [2.45, 2.75) is 63.2 Å². The highest BCUT2D eigenvalue weighted by Gasteiger charge is 2.29. The van der Waals surface area contributed by atoms with Crippen LogP contribution in [0, 0.1) is 0 Å². The minimum Gasteiger partial charge on any atom is -0.462 e. The Morgan fingerprint density at radius 2 is 1.61 bits per heavy atom. The van der Waals surface area contributed by atoms with Crippen LogP contribution in [0.3, 0.4) is 0 Å². The van der Waals surface area contributed by atoms with Crippen molar-refractivity contribution in [2.24, 2.45) is 0 Å². The summed E-state index contributed by atoms with van der Waals surface area (Å²) >= 11 is 0. The van der Waals surface area contributed by atoms with E-state index in [9.17, 15) is 22.8 Å². The van der Waals surface area contributed by atoms with Crippen LogP contribution in [0.15, 0.2) is 58.5 Å². The minimum atomic E-state index is -4.13. The number of hydrogen-bond acceptors (Lipinski definition) is 6. The van der Waals surface area contributed by atoms with Gasteiger partial charge in [0.2, 0.25) is 21.7 Å². The van der Waals surface area contributed by atoms with E-state index in [1.165, 1.54) is 24.4 Å². The number of carbonyl (C=O) groups excluding carboxylic acids is 3. The van der Waals surface area contributed by atoms with E-state index in [1.54, 1.807) is 18.2 Å². The molecule has 0 N–H and O–H groups in total. The second-order valence-corrected chi connectivity index (χ2v) is 9.17. The fourth-order valence-electron chi connectivity index (χ4n) is 3.09. The molecule has 7 nitrogen and oxygen atoms in total. The zero-order valence-electron chi connectivity index (χ0n) is 17.8. The summed E-state index contributed by atoms with van der Waals surface area (Å²) < 4.78 is 31.2. The van der Waals surface area contributed by atoms with E-state index < -0.39 is 20.7 Å². The molecule has 1 heterocycles. The van der Waals surface area contributed by atoms with Crippen molar-refractivity contribution in [2.75, 3.05) is 6.61 Å². The van der Waals surface area contributed by atoms with Gasteiger partial charge in [0.1, 0.15) is 0 Å². The molecule has 8 heteroatoms. The molecular formula is C23H29NO6S. The van der Waals surface area contributed by atoms with Gasteiger partial charge >= 0.3 is 5.97 Å². The first-order valence-electron chi connectivity index (χ1n) is 10.6. The van der Waals surface area contributed by atoms with Crippen molar-refractivity contribution in [1.29, 1.82) is 0 Å². The second-order valence-electron chi connectivity index (χ2n) is 7.25. The van der Waals surface area contributed by atoms with Crippen LogP contribution < -0.4 is 0 Å². The molecule has 1 aliphatic rings. The summed E-state index contributed by atoms with van der Waals surface area (Å²) in [5.41, 5.74) is 0. The second kappa shape index (κ2) is 12.2. The standard InChI is InChI=1S/C23H29NO6S/c1-2-3-4-5-6-10-18-30-23(27)20(31(28,29)19-12-8-7-9-13-19)14-11-17-24-21(25)15-16-22(24)26/h7-9,11-14,17H,2-6,10,15-16,18H2,1H3/b17-11+,20-14-. The number of unbranched alkanes of at least 4 members (excludes halogenated alkanes) is 5. The molecule has 0 saturated carbocycles. The Balaban J connectivity index is 2.13. The van der Waals surface area contributed by atoms with Crippen molar-refractivity contribution in [3.05, 3.63) is 53.6 Å². The summed E-state index contributed by atoms with van der Waals surface area (Å²) in [4.78, 5) is 36.4. The maximum absolute atomic E-state index is 13.0. The maximum Gasteiger partial charge on any atom is 0.350 e. The molecule has 1 aromatic rings. The van der Waals surface area contributed by atoms with Gasteiger partial charge in [-0.05, 0) is 30.7 Å². The lowest BCUT2D eigenvalue weighted by molar-refractivity contribution is -0.138. The van der Waals surface area contributed by atoms with E-state index in [2.05, 4.69) is 6.92 Å². The normalized spacial score (nSPS) is 15.1. The van der Waals surface area contributed by atoms with Crippen LogP contribution in [0.25, 0.3) is 0 Å². The van der Waals surface area contributed by atoms with Crippen LogP contribution in [0.5, 0.6) is 0 Å². The summed E-state index contributed by atoms with van der Waals surface area (Å²) in [6, 6.07) is 7.57. The lowest BCUT2D eigenvalue weighted by Crippen LogP contribution is -2.22. The maximum atomic E-state index is 13.0. The first-order chi connectivity index (χ1) is 14.9. The van der Waals surface area contributed by atoms with Gasteiger partial charge in [-0.1, -0.05) is 57.2 Å². The van der Waals surface area contributed by atoms with Crippen LogP contribution in [0.1, 0.15) is 58.3 Å². The summed E-state index contributed by atoms with van der Waals surface area (Å²) in [6.45, 7) is 2.26. The van der Waals surface area contributed by atoms with E-state index in [0.29, 0.717) is 6.42 Å². The number of benzene rings is 1. The molecule has 168 valence electrons. The van der Waals surface area contributed by atoms with Gasteiger partial charge in [0.15, 0.2) is 4.91 Å². The largest absolute Gasteiger partial charge is 0.462 e. The fraction of sp³-hybridized carbons (Fsp3) is 0.435. The lowest BCUT2D eigenvalue weighted by atomic mass is 10.1. The Bertz CT molecular complexity index is 918. The summed E-state index contributed by atoms with van der Waals surface area (Å²) in [5, 5.41) is 0. The number of hydrogen-bond donors (Lipinski definition) is 0. The zero-order chi connectivity index (χ0) is 22.7. The average Bonchev–Trinajstić information content (AvgIpc) is 3.08. The molecule has 0 unspecified atom stereocenters. The number of imide groups is 1. The Hall–Kier alpha value is -2.74. The molecule has 0 aliphatic carbocycles. The number of sulfone groups is 1. The van der Waals surface area contributed by atoms with E-state index >= 15 is 0 Å². The van der Waals surface area contributed by atoms with Gasteiger partial charge in [-0.2, -0.15) is 0 Å². The number of esters is 1. The van der Waals surface area contributed by atoms with Gasteiger partial charge in [0, 0.05) is 19.0 Å². The molecule has 31 heavy (non-hydrogen) atoms. The van der Waals surface area contributed by atoms with Crippen molar-refractivity contribution in [1.82, 2.24) is 4.90 Å². The first kappa shape index (κ1) is 24.5. The number of nitrogens with zero attached hydrogens (tertiary/aromatic N) is 1. The highest BCUT2D eigenvalue weighted by Crippen LogP contribution is 2.21. The number of ether oxygens (including phenoxy) is 1. The molecule has 1 fully saturated rings. The number of amides is 2. The number of likely N-dealkylation sites (tertiary alicyclic amines) is 1. The summed E-state index contributed by atoms with van der Waals surface area (Å²) in [5.74, 6) is -1.69. The smallest absolute Gasteiger partial charge is 0.350 e. The third-order valence-corrected chi connectivity index (χ3v) is 6.62. The number of rotatable bonds is 12. The van der Waals surface area contributed by atoms with E-state index in [0.717, 1.165) is 43.1 Å². The van der Waals surface area contributed by atoms with Crippen molar-refractivity contribution in [3.63, 3.8) is 0 Å². The van der Waals surface area contributed by atoms with Crippen LogP contribution in [0.4, 0.5) is 0 Å². The van der Waals surface area contributed by atoms with Crippen LogP contribution in [0.2, 0.25) is 0 Å². The molecular weight excluding hydrogens is 418 g/mol. The van der Waals surface area contributed by atoms with Gasteiger partial charge in [-0.3, -0.25) is 14.5 Å². The SMILES string of the molecule is CCCCCCCCOC(=O)/C(=C/C=C/N1C(=O)CCC1=O)S(=O)(=O)c1ccccc1. The minimum absolute atomic E-state index is 0.0421.